The summed E-state index contributed by atoms with van der Waals surface area (Å²) >= 11 is 0. The fourth-order valence-corrected chi connectivity index (χ4v) is 5.16. The lowest BCUT2D eigenvalue weighted by molar-refractivity contribution is -0.116. The lowest BCUT2D eigenvalue weighted by atomic mass is 9.88. The van der Waals surface area contributed by atoms with Crippen molar-refractivity contribution in [2.75, 3.05) is 18.4 Å². The van der Waals surface area contributed by atoms with Gasteiger partial charge < -0.3 is 10.4 Å². The molecule has 0 aromatic heterocycles. The van der Waals surface area contributed by atoms with Crippen LogP contribution in [-0.2, 0) is 14.8 Å². The molecule has 0 saturated carbocycles. The Morgan fingerprint density at radius 1 is 0.906 bits per heavy atom. The zero-order chi connectivity index (χ0) is 23.1. The third-order valence-corrected chi connectivity index (χ3v) is 7.42. The molecule has 3 aromatic rings. The van der Waals surface area contributed by atoms with E-state index in [9.17, 15) is 18.3 Å². The summed E-state index contributed by atoms with van der Waals surface area (Å²) in [5, 5.41) is 12.9. The Morgan fingerprint density at radius 3 is 1.94 bits per heavy atom. The van der Waals surface area contributed by atoms with Crippen molar-refractivity contribution in [3.8, 4) is 5.75 Å². The molecule has 0 spiro atoms. The fraction of sp³-hybridized carbons (Fsp3) is 0.240. The third kappa shape index (κ3) is 5.36. The lowest BCUT2D eigenvalue weighted by Crippen LogP contribution is -2.30. The molecule has 6 nitrogen and oxygen atoms in total. The number of aromatic hydroxyl groups is 1. The van der Waals surface area contributed by atoms with Crippen molar-refractivity contribution >= 4 is 21.6 Å². The highest BCUT2D eigenvalue weighted by atomic mass is 32.2. The second kappa shape index (κ2) is 10.4. The first kappa shape index (κ1) is 23.5. The van der Waals surface area contributed by atoms with Gasteiger partial charge in [0.05, 0.1) is 10.6 Å². The molecular weight excluding hydrogens is 424 g/mol. The van der Waals surface area contributed by atoms with Gasteiger partial charge in [-0.2, -0.15) is 4.31 Å². The van der Waals surface area contributed by atoms with Gasteiger partial charge in [-0.05, 0) is 29.3 Å². The maximum absolute atomic E-state index is 12.9. The van der Waals surface area contributed by atoms with Crippen molar-refractivity contribution in [2.24, 2.45) is 0 Å². The molecule has 0 unspecified atom stereocenters. The molecular formula is C25H28N2O4S. The minimum absolute atomic E-state index is 0.0250. The van der Waals surface area contributed by atoms with Crippen LogP contribution >= 0.6 is 0 Å². The molecule has 7 heteroatoms. The summed E-state index contributed by atoms with van der Waals surface area (Å²) in [6.07, 6.45) is 0.139. The Morgan fingerprint density at radius 2 is 1.44 bits per heavy atom. The zero-order valence-electron chi connectivity index (χ0n) is 18.2. The maximum atomic E-state index is 12.9. The van der Waals surface area contributed by atoms with Crippen molar-refractivity contribution in [3.05, 3.63) is 90.0 Å². The van der Waals surface area contributed by atoms with E-state index in [0.717, 1.165) is 11.1 Å². The number of hydrogen-bond donors (Lipinski definition) is 2. The molecule has 0 bridgehead atoms. The first-order valence-electron chi connectivity index (χ1n) is 10.6. The largest absolute Gasteiger partial charge is 0.506 e. The average Bonchev–Trinajstić information content (AvgIpc) is 2.80. The van der Waals surface area contributed by atoms with Crippen LogP contribution in [0, 0.1) is 0 Å². The summed E-state index contributed by atoms with van der Waals surface area (Å²) in [7, 11) is -3.71. The van der Waals surface area contributed by atoms with Crippen LogP contribution in [0.25, 0.3) is 0 Å². The predicted molar refractivity (Wildman–Crippen MR) is 126 cm³/mol. The molecule has 0 aliphatic carbocycles. The fourth-order valence-electron chi connectivity index (χ4n) is 3.67. The van der Waals surface area contributed by atoms with E-state index in [2.05, 4.69) is 5.32 Å². The number of phenols is 1. The van der Waals surface area contributed by atoms with Crippen LogP contribution < -0.4 is 5.32 Å². The normalized spacial score (nSPS) is 11.6. The molecule has 3 rings (SSSR count). The Kier molecular flexibility index (Phi) is 7.66. The van der Waals surface area contributed by atoms with Gasteiger partial charge in [0.2, 0.25) is 15.9 Å². The summed E-state index contributed by atoms with van der Waals surface area (Å²) in [6.45, 7) is 4.18. The highest BCUT2D eigenvalue weighted by Crippen LogP contribution is 2.31. The molecule has 0 atom stereocenters. The van der Waals surface area contributed by atoms with Crippen LogP contribution in [0.4, 0.5) is 5.69 Å². The Balaban J connectivity index is 1.86. The monoisotopic (exact) mass is 452 g/mol. The number of carbonyl (C=O) groups excluding carboxylic acids is 1. The minimum Gasteiger partial charge on any atom is -0.506 e. The minimum atomic E-state index is -3.71. The highest BCUT2D eigenvalue weighted by molar-refractivity contribution is 7.89. The maximum Gasteiger partial charge on any atom is 0.243 e. The summed E-state index contributed by atoms with van der Waals surface area (Å²) in [4.78, 5) is 13.0. The van der Waals surface area contributed by atoms with E-state index in [1.54, 1.807) is 13.8 Å². The van der Waals surface area contributed by atoms with Gasteiger partial charge in [-0.15, -0.1) is 0 Å². The average molecular weight is 453 g/mol. The van der Waals surface area contributed by atoms with Gasteiger partial charge in [-0.1, -0.05) is 74.5 Å². The van der Waals surface area contributed by atoms with Gasteiger partial charge >= 0.3 is 0 Å². The molecule has 0 fully saturated rings. The van der Waals surface area contributed by atoms with Gasteiger partial charge in [0.15, 0.2) is 0 Å². The van der Waals surface area contributed by atoms with Crippen LogP contribution in [0.1, 0.15) is 37.3 Å². The molecule has 2 N–H and O–H groups in total. The molecule has 0 heterocycles. The number of hydrogen-bond acceptors (Lipinski definition) is 4. The van der Waals surface area contributed by atoms with Crippen LogP contribution in [0.3, 0.4) is 0 Å². The number of carbonyl (C=O) groups is 1. The van der Waals surface area contributed by atoms with Gasteiger partial charge in [0, 0.05) is 25.4 Å². The summed E-state index contributed by atoms with van der Waals surface area (Å²) in [6, 6.07) is 23.4. The van der Waals surface area contributed by atoms with E-state index in [0.29, 0.717) is 13.1 Å². The number of nitrogens with zero attached hydrogens (tertiary/aromatic N) is 1. The molecule has 0 aliphatic rings. The van der Waals surface area contributed by atoms with E-state index in [-0.39, 0.29) is 34.6 Å². The summed E-state index contributed by atoms with van der Waals surface area (Å²) < 4.78 is 27.0. The summed E-state index contributed by atoms with van der Waals surface area (Å²) in [5.41, 5.74) is 2.06. The van der Waals surface area contributed by atoms with Gasteiger partial charge in [-0.25, -0.2) is 8.42 Å². The third-order valence-electron chi connectivity index (χ3n) is 5.38. The number of benzene rings is 3. The Bertz CT molecular complexity index is 1110. The molecule has 168 valence electrons. The quantitative estimate of drug-likeness (QED) is 0.465. The highest BCUT2D eigenvalue weighted by Gasteiger charge is 2.24. The second-order valence-electron chi connectivity index (χ2n) is 7.39. The van der Waals surface area contributed by atoms with Gasteiger partial charge in [-0.3, -0.25) is 4.79 Å². The van der Waals surface area contributed by atoms with Crippen LogP contribution in [0.5, 0.6) is 5.75 Å². The van der Waals surface area contributed by atoms with E-state index >= 15 is 0 Å². The van der Waals surface area contributed by atoms with Crippen molar-refractivity contribution in [3.63, 3.8) is 0 Å². The smallest absolute Gasteiger partial charge is 0.243 e. The predicted octanol–water partition coefficient (Wildman–Crippen LogP) is 4.58. The van der Waals surface area contributed by atoms with E-state index in [1.165, 1.54) is 22.5 Å². The first-order valence-corrected chi connectivity index (χ1v) is 12.0. The number of rotatable bonds is 9. The lowest BCUT2D eigenvalue weighted by Gasteiger charge is -2.20. The van der Waals surface area contributed by atoms with Crippen molar-refractivity contribution in [2.45, 2.75) is 31.1 Å². The molecule has 0 saturated heterocycles. The molecule has 32 heavy (non-hydrogen) atoms. The second-order valence-corrected chi connectivity index (χ2v) is 9.33. The number of amides is 1. The molecule has 0 radical (unpaired) electrons. The van der Waals surface area contributed by atoms with E-state index < -0.39 is 10.0 Å². The molecule has 1 amide bonds. The van der Waals surface area contributed by atoms with Crippen LogP contribution in [0.15, 0.2) is 83.8 Å². The number of nitrogens with one attached hydrogen (secondary N) is 1. The number of phenolic OH excluding ortho intramolecular Hbond substituents is 1. The van der Waals surface area contributed by atoms with E-state index in [1.807, 2.05) is 60.7 Å². The number of sulfonamides is 1. The topological polar surface area (TPSA) is 86.7 Å². The van der Waals surface area contributed by atoms with Gasteiger partial charge in [0.25, 0.3) is 0 Å². The van der Waals surface area contributed by atoms with Crippen molar-refractivity contribution < 1.29 is 18.3 Å². The molecule has 0 aliphatic heterocycles. The van der Waals surface area contributed by atoms with Crippen LogP contribution in [-0.4, -0.2) is 36.8 Å². The van der Waals surface area contributed by atoms with Gasteiger partial charge in [0.1, 0.15) is 5.75 Å². The standard InChI is InChI=1S/C25H28N2O4S/c1-3-27(4-2)32(30,31)21-15-16-24(28)23(17-21)26-25(29)18-22(19-11-7-5-8-12-19)20-13-9-6-10-14-20/h5-17,22,28H,3-4,18H2,1-2H3,(H,26,29). The number of anilines is 1. The summed E-state index contributed by atoms with van der Waals surface area (Å²) in [5.74, 6) is -0.689. The zero-order valence-corrected chi connectivity index (χ0v) is 19.0. The van der Waals surface area contributed by atoms with Crippen molar-refractivity contribution in [1.29, 1.82) is 0 Å². The SMILES string of the molecule is CCN(CC)S(=O)(=O)c1ccc(O)c(NC(=O)CC(c2ccccc2)c2ccccc2)c1. The van der Waals surface area contributed by atoms with E-state index in [4.69, 9.17) is 0 Å². The Labute approximate surface area is 189 Å². The molecule has 3 aromatic carbocycles. The first-order chi connectivity index (χ1) is 15.4. The van der Waals surface area contributed by atoms with Crippen LogP contribution in [0.2, 0.25) is 0 Å². The Hall–Kier alpha value is -3.16. The van der Waals surface area contributed by atoms with Crippen molar-refractivity contribution in [1.82, 2.24) is 4.31 Å².